The highest BCUT2D eigenvalue weighted by molar-refractivity contribution is 5.29. The fourth-order valence-electron chi connectivity index (χ4n) is 4.21. The Labute approximate surface area is 118 Å². The summed E-state index contributed by atoms with van der Waals surface area (Å²) in [7, 11) is 0. The number of ether oxygens (including phenoxy) is 1. The van der Waals surface area contributed by atoms with Crippen LogP contribution in [0.1, 0.15) is 38.2 Å². The van der Waals surface area contributed by atoms with E-state index < -0.39 is 11.0 Å². The van der Waals surface area contributed by atoms with Crippen LogP contribution in [0.15, 0.2) is 24.3 Å². The van der Waals surface area contributed by atoms with Crippen molar-refractivity contribution in [3.63, 3.8) is 0 Å². The van der Waals surface area contributed by atoms with Crippen molar-refractivity contribution in [2.75, 3.05) is 6.54 Å². The van der Waals surface area contributed by atoms with Gasteiger partial charge in [-0.15, -0.1) is 0 Å². The molecule has 4 atom stereocenters. The first kappa shape index (κ1) is 14.0. The molecule has 0 amide bonds. The Morgan fingerprint density at radius 2 is 2.30 bits per heavy atom. The van der Waals surface area contributed by atoms with Gasteiger partial charge in [0.1, 0.15) is 5.82 Å². The van der Waals surface area contributed by atoms with Crippen molar-refractivity contribution in [3.05, 3.63) is 35.6 Å². The quantitative estimate of drug-likeness (QED) is 0.889. The van der Waals surface area contributed by atoms with E-state index in [9.17, 15) is 9.50 Å². The van der Waals surface area contributed by atoms with Crippen LogP contribution in [0.2, 0.25) is 0 Å². The molecular formula is C16H22FNO2. The zero-order valence-electron chi connectivity index (χ0n) is 11.8. The van der Waals surface area contributed by atoms with Crippen molar-refractivity contribution in [3.8, 4) is 0 Å². The monoisotopic (exact) mass is 279 g/mol. The zero-order chi connectivity index (χ0) is 14.4. The van der Waals surface area contributed by atoms with E-state index in [1.807, 2.05) is 6.92 Å². The smallest absolute Gasteiger partial charge is 0.123 e. The molecule has 0 aromatic heterocycles. The zero-order valence-corrected chi connectivity index (χ0v) is 11.8. The third kappa shape index (κ3) is 1.75. The minimum atomic E-state index is -1.14. The first-order valence-electron chi connectivity index (χ1n) is 7.39. The molecule has 2 saturated heterocycles. The predicted octanol–water partition coefficient (Wildman–Crippen LogP) is 2.32. The SMILES string of the molecule is CCC(O)(c1cccc(F)c1)C1(CN)CC2CCC1O2. The van der Waals surface area contributed by atoms with Crippen molar-refractivity contribution < 1.29 is 14.2 Å². The molecule has 2 bridgehead atoms. The van der Waals surface area contributed by atoms with Gasteiger partial charge in [-0.2, -0.15) is 0 Å². The summed E-state index contributed by atoms with van der Waals surface area (Å²) < 4.78 is 19.5. The number of hydrogen-bond donors (Lipinski definition) is 2. The van der Waals surface area contributed by atoms with Crippen LogP contribution in [0.5, 0.6) is 0 Å². The molecule has 2 fully saturated rings. The highest BCUT2D eigenvalue weighted by Crippen LogP contribution is 2.57. The van der Waals surface area contributed by atoms with Gasteiger partial charge in [0.05, 0.1) is 17.8 Å². The third-order valence-electron chi connectivity index (χ3n) is 5.32. The van der Waals surface area contributed by atoms with Crippen LogP contribution in [-0.2, 0) is 10.3 Å². The highest BCUT2D eigenvalue weighted by atomic mass is 19.1. The lowest BCUT2D eigenvalue weighted by Crippen LogP contribution is -2.55. The summed E-state index contributed by atoms with van der Waals surface area (Å²) in [6.07, 6.45) is 3.39. The summed E-state index contributed by atoms with van der Waals surface area (Å²) in [6, 6.07) is 6.25. The second-order valence-electron chi connectivity index (χ2n) is 6.11. The molecule has 3 nitrogen and oxygen atoms in total. The minimum Gasteiger partial charge on any atom is -0.384 e. The molecule has 0 spiro atoms. The van der Waals surface area contributed by atoms with Gasteiger partial charge < -0.3 is 15.6 Å². The number of benzene rings is 1. The number of fused-ring (bicyclic) bond motifs is 2. The van der Waals surface area contributed by atoms with Gasteiger partial charge in [-0.25, -0.2) is 4.39 Å². The predicted molar refractivity (Wildman–Crippen MR) is 74.6 cm³/mol. The van der Waals surface area contributed by atoms with Gasteiger partial charge in [0.25, 0.3) is 0 Å². The Bertz CT molecular complexity index is 509. The van der Waals surface area contributed by atoms with E-state index in [-0.39, 0.29) is 18.0 Å². The molecule has 2 aliphatic heterocycles. The first-order chi connectivity index (χ1) is 9.55. The van der Waals surface area contributed by atoms with Gasteiger partial charge in [-0.05, 0) is 43.4 Å². The van der Waals surface area contributed by atoms with Crippen LogP contribution in [0, 0.1) is 11.2 Å². The third-order valence-corrected chi connectivity index (χ3v) is 5.32. The van der Waals surface area contributed by atoms with E-state index in [0.717, 1.165) is 19.3 Å². The molecule has 4 heteroatoms. The van der Waals surface area contributed by atoms with E-state index in [1.165, 1.54) is 12.1 Å². The van der Waals surface area contributed by atoms with Crippen molar-refractivity contribution in [2.45, 2.75) is 50.4 Å². The maximum atomic E-state index is 13.6. The summed E-state index contributed by atoms with van der Waals surface area (Å²) in [5.74, 6) is -0.328. The Kier molecular flexibility index (Phi) is 3.35. The van der Waals surface area contributed by atoms with Gasteiger partial charge >= 0.3 is 0 Å². The van der Waals surface area contributed by atoms with Crippen molar-refractivity contribution in [2.24, 2.45) is 11.1 Å². The average Bonchev–Trinajstić information content (AvgIpc) is 3.07. The van der Waals surface area contributed by atoms with Gasteiger partial charge in [-0.1, -0.05) is 19.1 Å². The normalized spacial score (nSPS) is 35.2. The van der Waals surface area contributed by atoms with Crippen LogP contribution in [-0.4, -0.2) is 23.9 Å². The summed E-state index contributed by atoms with van der Waals surface area (Å²) in [6.45, 7) is 2.28. The second-order valence-corrected chi connectivity index (χ2v) is 6.11. The van der Waals surface area contributed by atoms with E-state index in [0.29, 0.717) is 18.5 Å². The Morgan fingerprint density at radius 3 is 2.80 bits per heavy atom. The fraction of sp³-hybridized carbons (Fsp3) is 0.625. The number of aliphatic hydroxyl groups is 1. The molecule has 1 aromatic carbocycles. The maximum Gasteiger partial charge on any atom is 0.123 e. The molecule has 3 N–H and O–H groups in total. The van der Waals surface area contributed by atoms with Crippen LogP contribution >= 0.6 is 0 Å². The molecule has 2 aliphatic rings. The molecule has 0 saturated carbocycles. The second kappa shape index (κ2) is 4.79. The number of hydrogen-bond acceptors (Lipinski definition) is 3. The van der Waals surface area contributed by atoms with Gasteiger partial charge in [0, 0.05) is 12.0 Å². The van der Waals surface area contributed by atoms with E-state index >= 15 is 0 Å². The molecule has 110 valence electrons. The number of halogens is 1. The molecule has 20 heavy (non-hydrogen) atoms. The first-order valence-corrected chi connectivity index (χ1v) is 7.39. The minimum absolute atomic E-state index is 0.0225. The average molecular weight is 279 g/mol. The number of nitrogens with two attached hydrogens (primary N) is 1. The lowest BCUT2D eigenvalue weighted by molar-refractivity contribution is -0.120. The summed E-state index contributed by atoms with van der Waals surface area (Å²) in [5.41, 5.74) is 5.03. The van der Waals surface area contributed by atoms with E-state index in [1.54, 1.807) is 12.1 Å². The lowest BCUT2D eigenvalue weighted by Gasteiger charge is -2.48. The molecule has 0 aliphatic carbocycles. The van der Waals surface area contributed by atoms with E-state index in [2.05, 4.69) is 0 Å². The van der Waals surface area contributed by atoms with Crippen LogP contribution in [0.4, 0.5) is 4.39 Å². The Hall–Kier alpha value is -0.970. The van der Waals surface area contributed by atoms with Crippen molar-refractivity contribution in [1.29, 1.82) is 0 Å². The molecule has 3 rings (SSSR count). The van der Waals surface area contributed by atoms with Gasteiger partial charge in [0.15, 0.2) is 0 Å². The molecule has 1 aromatic rings. The van der Waals surface area contributed by atoms with Gasteiger partial charge in [0.2, 0.25) is 0 Å². The maximum absolute atomic E-state index is 13.6. The van der Waals surface area contributed by atoms with Gasteiger partial charge in [-0.3, -0.25) is 0 Å². The molecule has 0 radical (unpaired) electrons. The Morgan fingerprint density at radius 1 is 1.50 bits per heavy atom. The lowest BCUT2D eigenvalue weighted by atomic mass is 9.59. The van der Waals surface area contributed by atoms with Crippen LogP contribution < -0.4 is 5.73 Å². The fourth-order valence-corrected chi connectivity index (χ4v) is 4.21. The Balaban J connectivity index is 2.07. The molecular weight excluding hydrogens is 257 g/mol. The summed E-state index contributed by atoms with van der Waals surface area (Å²) in [4.78, 5) is 0. The summed E-state index contributed by atoms with van der Waals surface area (Å²) >= 11 is 0. The van der Waals surface area contributed by atoms with Crippen molar-refractivity contribution >= 4 is 0 Å². The standard InChI is InChI=1S/C16H22FNO2/c1-2-16(19,11-4-3-5-12(17)8-11)15(10-18)9-13-6-7-14(15)20-13/h3-5,8,13-14,19H,2,6-7,9-10,18H2,1H3. The van der Waals surface area contributed by atoms with E-state index in [4.69, 9.17) is 10.5 Å². The summed E-state index contributed by atoms with van der Waals surface area (Å²) in [5, 5.41) is 11.4. The molecule has 2 heterocycles. The van der Waals surface area contributed by atoms with Crippen LogP contribution in [0.3, 0.4) is 0 Å². The largest absolute Gasteiger partial charge is 0.384 e. The molecule has 4 unspecified atom stereocenters. The highest BCUT2D eigenvalue weighted by Gasteiger charge is 2.62. The number of rotatable bonds is 4. The topological polar surface area (TPSA) is 55.5 Å². The van der Waals surface area contributed by atoms with Crippen LogP contribution in [0.25, 0.3) is 0 Å². The van der Waals surface area contributed by atoms with Crippen molar-refractivity contribution in [1.82, 2.24) is 0 Å².